The Balaban J connectivity index is 1.66. The van der Waals surface area contributed by atoms with Crippen molar-refractivity contribution in [2.75, 3.05) is 19.6 Å². The van der Waals surface area contributed by atoms with Crippen molar-refractivity contribution in [1.82, 2.24) is 10.2 Å². The first kappa shape index (κ1) is 15.7. The molecule has 1 saturated heterocycles. The van der Waals surface area contributed by atoms with Crippen LogP contribution < -0.4 is 5.32 Å². The van der Waals surface area contributed by atoms with Crippen molar-refractivity contribution in [3.05, 3.63) is 57.8 Å². The van der Waals surface area contributed by atoms with Crippen LogP contribution in [0.4, 0.5) is 0 Å². The van der Waals surface area contributed by atoms with Crippen LogP contribution in [0.2, 0.25) is 0 Å². The number of hydrogen-bond acceptors (Lipinski definition) is 4. The van der Waals surface area contributed by atoms with E-state index in [9.17, 15) is 4.79 Å². The van der Waals surface area contributed by atoms with Gasteiger partial charge in [-0.1, -0.05) is 0 Å². The third kappa shape index (κ3) is 3.79. The van der Waals surface area contributed by atoms with Gasteiger partial charge < -0.3 is 5.32 Å². The summed E-state index contributed by atoms with van der Waals surface area (Å²) in [4.78, 5) is 14.8. The summed E-state index contributed by atoms with van der Waals surface area (Å²) in [5, 5.41) is 16.1. The molecular formula is C18H19N3OS. The van der Waals surface area contributed by atoms with Crippen molar-refractivity contribution in [3.63, 3.8) is 0 Å². The highest BCUT2D eigenvalue weighted by molar-refractivity contribution is 7.07. The zero-order chi connectivity index (χ0) is 16.1. The molecule has 1 aromatic carbocycles. The summed E-state index contributed by atoms with van der Waals surface area (Å²) in [6.07, 6.45) is 2.45. The number of thiophene rings is 1. The van der Waals surface area contributed by atoms with Crippen LogP contribution in [0.25, 0.3) is 0 Å². The number of carbonyl (C=O) groups is 1. The molecule has 1 fully saturated rings. The SMILES string of the molecule is N#Cc1ccc(C(=O)NCC(c2ccsc2)N2CCCC2)cc1. The lowest BCUT2D eigenvalue weighted by Gasteiger charge is -2.27. The molecule has 1 amide bonds. The first-order chi connectivity index (χ1) is 11.3. The molecule has 3 rings (SSSR count). The number of nitriles is 1. The Morgan fingerprint density at radius 3 is 2.61 bits per heavy atom. The third-order valence-electron chi connectivity index (χ3n) is 4.24. The highest BCUT2D eigenvalue weighted by Gasteiger charge is 2.24. The van der Waals surface area contributed by atoms with Crippen LogP contribution in [0.5, 0.6) is 0 Å². The molecule has 0 saturated carbocycles. The molecule has 1 aromatic heterocycles. The average Bonchev–Trinajstić information content (AvgIpc) is 3.29. The molecular weight excluding hydrogens is 306 g/mol. The number of nitrogens with zero attached hydrogens (tertiary/aromatic N) is 2. The Kier molecular flexibility index (Phi) is 5.06. The fourth-order valence-corrected chi connectivity index (χ4v) is 3.67. The van der Waals surface area contributed by atoms with E-state index >= 15 is 0 Å². The maximum atomic E-state index is 12.3. The Bertz CT molecular complexity index is 682. The molecule has 5 heteroatoms. The summed E-state index contributed by atoms with van der Waals surface area (Å²) < 4.78 is 0. The molecule has 1 N–H and O–H groups in total. The van der Waals surface area contributed by atoms with Gasteiger partial charge in [0.25, 0.3) is 5.91 Å². The number of carbonyl (C=O) groups excluding carboxylic acids is 1. The Morgan fingerprint density at radius 2 is 2.00 bits per heavy atom. The molecule has 1 atom stereocenters. The highest BCUT2D eigenvalue weighted by atomic mass is 32.1. The first-order valence-electron chi connectivity index (χ1n) is 7.82. The van der Waals surface area contributed by atoms with Gasteiger partial charge in [-0.05, 0) is 72.6 Å². The minimum absolute atomic E-state index is 0.0890. The van der Waals surface area contributed by atoms with E-state index in [0.717, 1.165) is 13.1 Å². The van der Waals surface area contributed by atoms with Crippen LogP contribution in [-0.2, 0) is 0 Å². The average molecular weight is 325 g/mol. The van der Waals surface area contributed by atoms with Gasteiger partial charge in [-0.3, -0.25) is 9.69 Å². The molecule has 2 heterocycles. The summed E-state index contributed by atoms with van der Waals surface area (Å²) in [6, 6.07) is 11.2. The molecule has 1 aliphatic heterocycles. The molecule has 0 aliphatic carbocycles. The Hall–Kier alpha value is -2.16. The van der Waals surface area contributed by atoms with Crippen LogP contribution in [0.3, 0.4) is 0 Å². The minimum Gasteiger partial charge on any atom is -0.350 e. The molecule has 1 unspecified atom stereocenters. The number of benzene rings is 1. The quantitative estimate of drug-likeness (QED) is 0.918. The predicted molar refractivity (Wildman–Crippen MR) is 91.4 cm³/mol. The van der Waals surface area contributed by atoms with Gasteiger partial charge in [-0.2, -0.15) is 16.6 Å². The van der Waals surface area contributed by atoms with Gasteiger partial charge >= 0.3 is 0 Å². The van der Waals surface area contributed by atoms with E-state index in [2.05, 4.69) is 33.1 Å². The van der Waals surface area contributed by atoms with E-state index in [1.165, 1.54) is 18.4 Å². The normalized spacial score (nSPS) is 16.0. The molecule has 23 heavy (non-hydrogen) atoms. The van der Waals surface area contributed by atoms with Crippen molar-refractivity contribution in [2.45, 2.75) is 18.9 Å². The van der Waals surface area contributed by atoms with Crippen LogP contribution in [0.1, 0.15) is 40.4 Å². The molecule has 0 radical (unpaired) electrons. The second-order valence-electron chi connectivity index (χ2n) is 5.71. The van der Waals surface area contributed by atoms with E-state index in [4.69, 9.17) is 5.26 Å². The number of amides is 1. The lowest BCUT2D eigenvalue weighted by molar-refractivity contribution is 0.0938. The molecule has 0 bridgehead atoms. The van der Waals surface area contributed by atoms with Crippen molar-refractivity contribution < 1.29 is 4.79 Å². The molecule has 1 aliphatic rings. The first-order valence-corrected chi connectivity index (χ1v) is 8.77. The number of likely N-dealkylation sites (tertiary alicyclic amines) is 1. The monoisotopic (exact) mass is 325 g/mol. The molecule has 0 spiro atoms. The lowest BCUT2D eigenvalue weighted by atomic mass is 10.1. The van der Waals surface area contributed by atoms with E-state index in [1.807, 2.05) is 0 Å². The number of nitrogens with one attached hydrogen (secondary N) is 1. The Morgan fingerprint density at radius 1 is 1.26 bits per heavy atom. The zero-order valence-electron chi connectivity index (χ0n) is 12.9. The maximum absolute atomic E-state index is 12.3. The second kappa shape index (κ2) is 7.40. The number of hydrogen-bond donors (Lipinski definition) is 1. The van der Waals surface area contributed by atoms with Crippen molar-refractivity contribution in [1.29, 1.82) is 5.26 Å². The largest absolute Gasteiger partial charge is 0.350 e. The van der Waals surface area contributed by atoms with Crippen molar-refractivity contribution in [3.8, 4) is 6.07 Å². The smallest absolute Gasteiger partial charge is 0.251 e. The summed E-state index contributed by atoms with van der Waals surface area (Å²) in [5.41, 5.74) is 2.43. The van der Waals surface area contributed by atoms with Gasteiger partial charge in [0.1, 0.15) is 0 Å². The van der Waals surface area contributed by atoms with Crippen LogP contribution >= 0.6 is 11.3 Å². The van der Waals surface area contributed by atoms with E-state index in [1.54, 1.807) is 35.6 Å². The van der Waals surface area contributed by atoms with E-state index < -0.39 is 0 Å². The van der Waals surface area contributed by atoms with Gasteiger partial charge in [-0.25, -0.2) is 0 Å². The molecule has 2 aromatic rings. The number of rotatable bonds is 5. The van der Waals surface area contributed by atoms with Gasteiger partial charge in [0, 0.05) is 12.1 Å². The summed E-state index contributed by atoms with van der Waals surface area (Å²) >= 11 is 1.69. The van der Waals surface area contributed by atoms with Crippen molar-refractivity contribution >= 4 is 17.2 Å². The standard InChI is InChI=1S/C18H19N3OS/c19-11-14-3-5-15(6-4-14)18(22)20-12-17(16-7-10-23-13-16)21-8-1-2-9-21/h3-7,10,13,17H,1-2,8-9,12H2,(H,20,22). The van der Waals surface area contributed by atoms with Crippen LogP contribution in [0.15, 0.2) is 41.1 Å². The second-order valence-corrected chi connectivity index (χ2v) is 6.49. The van der Waals surface area contributed by atoms with Gasteiger partial charge in [0.15, 0.2) is 0 Å². The van der Waals surface area contributed by atoms with Gasteiger partial charge in [0.05, 0.1) is 17.7 Å². The van der Waals surface area contributed by atoms with E-state index in [0.29, 0.717) is 17.7 Å². The zero-order valence-corrected chi connectivity index (χ0v) is 13.7. The summed E-state index contributed by atoms with van der Waals surface area (Å²) in [7, 11) is 0. The third-order valence-corrected chi connectivity index (χ3v) is 4.94. The molecule has 118 valence electrons. The predicted octanol–water partition coefficient (Wildman–Crippen LogP) is 3.19. The Labute approximate surface area is 140 Å². The van der Waals surface area contributed by atoms with Crippen LogP contribution in [-0.4, -0.2) is 30.4 Å². The highest BCUT2D eigenvalue weighted by Crippen LogP contribution is 2.26. The van der Waals surface area contributed by atoms with Crippen LogP contribution in [0, 0.1) is 11.3 Å². The lowest BCUT2D eigenvalue weighted by Crippen LogP contribution is -2.36. The van der Waals surface area contributed by atoms with Gasteiger partial charge in [0.2, 0.25) is 0 Å². The molecule has 4 nitrogen and oxygen atoms in total. The summed E-state index contributed by atoms with van der Waals surface area (Å²) in [6.45, 7) is 2.79. The fourth-order valence-electron chi connectivity index (χ4n) is 2.96. The van der Waals surface area contributed by atoms with Gasteiger partial charge in [-0.15, -0.1) is 0 Å². The fraction of sp³-hybridized carbons (Fsp3) is 0.333. The summed E-state index contributed by atoms with van der Waals surface area (Å²) in [5.74, 6) is -0.0890. The van der Waals surface area contributed by atoms with Crippen molar-refractivity contribution in [2.24, 2.45) is 0 Å². The minimum atomic E-state index is -0.0890. The topological polar surface area (TPSA) is 56.1 Å². The van der Waals surface area contributed by atoms with E-state index in [-0.39, 0.29) is 11.9 Å². The maximum Gasteiger partial charge on any atom is 0.251 e.